The Morgan fingerprint density at radius 3 is 1.31 bits per heavy atom. The van der Waals surface area contributed by atoms with E-state index < -0.39 is 0 Å². The summed E-state index contributed by atoms with van der Waals surface area (Å²) in [6.07, 6.45) is 0. The molecule has 0 N–H and O–H groups in total. The molecule has 5 heterocycles. The molecule has 5 aromatic rings. The minimum absolute atomic E-state index is 0.308. The first-order chi connectivity index (χ1) is 12.7. The van der Waals surface area contributed by atoms with E-state index in [1.807, 2.05) is 42.5 Å². The van der Waals surface area contributed by atoms with E-state index in [4.69, 9.17) is 10.5 Å². The molecule has 0 aliphatic rings. The van der Waals surface area contributed by atoms with Gasteiger partial charge in [-0.3, -0.25) is 0 Å². The summed E-state index contributed by atoms with van der Waals surface area (Å²) in [7, 11) is 0. The van der Waals surface area contributed by atoms with Crippen LogP contribution < -0.4 is 0 Å². The van der Waals surface area contributed by atoms with Crippen molar-refractivity contribution in [2.75, 3.05) is 0 Å². The summed E-state index contributed by atoms with van der Waals surface area (Å²) in [6.45, 7) is 0. The van der Waals surface area contributed by atoms with E-state index in [0.29, 0.717) is 34.0 Å². The van der Waals surface area contributed by atoms with Gasteiger partial charge >= 0.3 is 0 Å². The van der Waals surface area contributed by atoms with E-state index in [2.05, 4.69) is 24.9 Å². The standard InChI is InChI=1S/C19H7N7/c20-8-14-3-1-10-5-12-7-13-6-11-2-4-15(9-21)23-17(11)25-19(13)26-18(12)24-16(10)22-14/h1-7H. The van der Waals surface area contributed by atoms with Gasteiger partial charge in [0.15, 0.2) is 22.6 Å². The van der Waals surface area contributed by atoms with Gasteiger partial charge in [-0.2, -0.15) is 10.5 Å². The zero-order valence-corrected chi connectivity index (χ0v) is 13.2. The van der Waals surface area contributed by atoms with E-state index in [-0.39, 0.29) is 0 Å². The number of fused-ring (bicyclic) bond motifs is 4. The molecule has 0 aliphatic heterocycles. The molecule has 7 nitrogen and oxygen atoms in total. The van der Waals surface area contributed by atoms with Crippen molar-refractivity contribution in [3.63, 3.8) is 0 Å². The lowest BCUT2D eigenvalue weighted by Crippen LogP contribution is -1.94. The average molecular weight is 333 g/mol. The largest absolute Gasteiger partial charge is 0.217 e. The fraction of sp³-hybridized carbons (Fsp3) is 0. The number of aromatic nitrogens is 5. The molecule has 26 heavy (non-hydrogen) atoms. The molecule has 0 amide bonds. The van der Waals surface area contributed by atoms with Crippen LogP contribution in [0.5, 0.6) is 0 Å². The molecular weight excluding hydrogens is 326 g/mol. The van der Waals surface area contributed by atoms with Crippen molar-refractivity contribution in [3.8, 4) is 12.1 Å². The zero-order chi connectivity index (χ0) is 17.7. The van der Waals surface area contributed by atoms with Crippen molar-refractivity contribution in [2.45, 2.75) is 0 Å². The van der Waals surface area contributed by atoms with Gasteiger partial charge in [0.1, 0.15) is 23.5 Å². The third kappa shape index (κ3) is 2.09. The molecule has 0 atom stereocenters. The summed E-state index contributed by atoms with van der Waals surface area (Å²) in [5, 5.41) is 21.4. The fourth-order valence-corrected chi connectivity index (χ4v) is 2.90. The van der Waals surface area contributed by atoms with Gasteiger partial charge in [0.05, 0.1) is 0 Å². The second kappa shape index (κ2) is 5.13. The van der Waals surface area contributed by atoms with Gasteiger partial charge < -0.3 is 0 Å². The van der Waals surface area contributed by atoms with Gasteiger partial charge in [-0.15, -0.1) is 0 Å². The Labute approximate surface area is 146 Å². The SMILES string of the molecule is N#Cc1ccc2cc3cc4cc5ccc(C#N)nc5nc4nc3nc2n1. The summed E-state index contributed by atoms with van der Waals surface area (Å²) < 4.78 is 0. The van der Waals surface area contributed by atoms with Crippen LogP contribution in [0.1, 0.15) is 11.4 Å². The first kappa shape index (κ1) is 14.1. The highest BCUT2D eigenvalue weighted by Crippen LogP contribution is 2.23. The lowest BCUT2D eigenvalue weighted by Gasteiger charge is -2.04. The Morgan fingerprint density at radius 1 is 0.500 bits per heavy atom. The fourth-order valence-electron chi connectivity index (χ4n) is 2.90. The van der Waals surface area contributed by atoms with Crippen LogP contribution in [0, 0.1) is 22.7 Å². The second-order valence-corrected chi connectivity index (χ2v) is 5.77. The van der Waals surface area contributed by atoms with E-state index in [0.717, 1.165) is 21.5 Å². The normalized spacial score (nSPS) is 11.0. The first-order valence-electron chi connectivity index (χ1n) is 7.74. The van der Waals surface area contributed by atoms with Gasteiger partial charge in [-0.25, -0.2) is 24.9 Å². The molecule has 5 rings (SSSR count). The Bertz CT molecular complexity index is 1350. The molecule has 0 saturated heterocycles. The summed E-state index contributed by atoms with van der Waals surface area (Å²) in [5.41, 5.74) is 2.54. The predicted octanol–water partition coefficient (Wildman–Crippen LogP) is 3.02. The molecule has 0 bridgehead atoms. The molecule has 0 aromatic carbocycles. The first-order valence-corrected chi connectivity index (χ1v) is 7.74. The maximum atomic E-state index is 9.00. The molecule has 0 aliphatic carbocycles. The van der Waals surface area contributed by atoms with E-state index >= 15 is 0 Å². The van der Waals surface area contributed by atoms with Gasteiger partial charge in [-0.1, -0.05) is 0 Å². The highest BCUT2D eigenvalue weighted by Gasteiger charge is 2.08. The summed E-state index contributed by atoms with van der Waals surface area (Å²) >= 11 is 0. The minimum atomic E-state index is 0.308. The molecule has 118 valence electrons. The Kier molecular flexibility index (Phi) is 2.79. The minimum Gasteiger partial charge on any atom is -0.217 e. The van der Waals surface area contributed by atoms with Crippen LogP contribution in [0.15, 0.2) is 42.5 Å². The van der Waals surface area contributed by atoms with Crippen molar-refractivity contribution in [1.29, 1.82) is 10.5 Å². The van der Waals surface area contributed by atoms with E-state index in [1.54, 1.807) is 12.1 Å². The van der Waals surface area contributed by atoms with Crippen molar-refractivity contribution in [3.05, 3.63) is 53.9 Å². The van der Waals surface area contributed by atoms with Crippen LogP contribution in [-0.4, -0.2) is 24.9 Å². The van der Waals surface area contributed by atoms with Crippen molar-refractivity contribution in [2.24, 2.45) is 0 Å². The van der Waals surface area contributed by atoms with Crippen LogP contribution in [0.2, 0.25) is 0 Å². The summed E-state index contributed by atoms with van der Waals surface area (Å²) in [5.74, 6) is 0. The molecule has 7 heteroatoms. The number of hydrogen-bond donors (Lipinski definition) is 0. The maximum Gasteiger partial charge on any atom is 0.164 e. The average Bonchev–Trinajstić information content (AvgIpc) is 2.68. The van der Waals surface area contributed by atoms with Gasteiger partial charge in [-0.05, 0) is 42.5 Å². The van der Waals surface area contributed by atoms with Gasteiger partial charge in [0.25, 0.3) is 0 Å². The quantitative estimate of drug-likeness (QED) is 0.400. The third-order valence-electron chi connectivity index (χ3n) is 4.12. The number of nitriles is 2. The molecule has 0 saturated carbocycles. The van der Waals surface area contributed by atoms with Gasteiger partial charge in [0, 0.05) is 21.5 Å². The number of nitrogens with zero attached hydrogens (tertiary/aromatic N) is 7. The smallest absolute Gasteiger partial charge is 0.164 e. The highest BCUT2D eigenvalue weighted by atomic mass is 15.0. The third-order valence-corrected chi connectivity index (χ3v) is 4.12. The topological polar surface area (TPSA) is 112 Å². The Morgan fingerprint density at radius 2 is 0.885 bits per heavy atom. The van der Waals surface area contributed by atoms with Crippen LogP contribution in [0.3, 0.4) is 0 Å². The molecule has 5 aromatic heterocycles. The maximum absolute atomic E-state index is 9.00. The van der Waals surface area contributed by atoms with Crippen molar-refractivity contribution < 1.29 is 0 Å². The lowest BCUT2D eigenvalue weighted by atomic mass is 10.1. The van der Waals surface area contributed by atoms with Crippen LogP contribution in [0.25, 0.3) is 44.1 Å². The van der Waals surface area contributed by atoms with Crippen molar-refractivity contribution >= 4 is 44.1 Å². The number of rotatable bonds is 0. The lowest BCUT2D eigenvalue weighted by molar-refractivity contribution is 1.23. The van der Waals surface area contributed by atoms with Gasteiger partial charge in [0.2, 0.25) is 0 Å². The van der Waals surface area contributed by atoms with Crippen LogP contribution >= 0.6 is 0 Å². The summed E-state index contributed by atoms with van der Waals surface area (Å²) in [6, 6.07) is 16.8. The van der Waals surface area contributed by atoms with E-state index in [1.165, 1.54) is 0 Å². The monoisotopic (exact) mass is 333 g/mol. The Balaban J connectivity index is 1.84. The Hall–Kier alpha value is -4.23. The highest BCUT2D eigenvalue weighted by molar-refractivity contribution is 5.98. The number of pyridine rings is 5. The number of hydrogen-bond acceptors (Lipinski definition) is 7. The van der Waals surface area contributed by atoms with E-state index in [9.17, 15) is 0 Å². The van der Waals surface area contributed by atoms with Crippen LogP contribution in [0.4, 0.5) is 0 Å². The molecule has 0 spiro atoms. The molecule has 0 radical (unpaired) electrons. The zero-order valence-electron chi connectivity index (χ0n) is 13.2. The summed E-state index contributed by atoms with van der Waals surface area (Å²) in [4.78, 5) is 21.9. The molecular formula is C19H7N7. The van der Waals surface area contributed by atoms with Crippen molar-refractivity contribution in [1.82, 2.24) is 24.9 Å². The molecule has 0 fully saturated rings. The predicted molar refractivity (Wildman–Crippen MR) is 94.9 cm³/mol. The van der Waals surface area contributed by atoms with Crippen LogP contribution in [-0.2, 0) is 0 Å². The molecule has 0 unspecified atom stereocenters. The second-order valence-electron chi connectivity index (χ2n) is 5.77.